The lowest BCUT2D eigenvalue weighted by molar-refractivity contribution is 0.110. The lowest BCUT2D eigenvalue weighted by atomic mass is 9.94. The van der Waals surface area contributed by atoms with E-state index in [1.165, 1.54) is 0 Å². The molecule has 2 heteroatoms. The molecule has 76 valence electrons. The first kappa shape index (κ1) is 11.3. The summed E-state index contributed by atoms with van der Waals surface area (Å²) >= 11 is 6.00. The normalized spacial score (nSPS) is 14.6. The molecule has 1 N–H and O–H groups in total. The van der Waals surface area contributed by atoms with Crippen molar-refractivity contribution in [3.63, 3.8) is 0 Å². The molecule has 0 radical (unpaired) electrons. The molecule has 0 saturated heterocycles. The van der Waals surface area contributed by atoms with Crippen LogP contribution in [0.4, 0.5) is 0 Å². The predicted octanol–water partition coefficient (Wildman–Crippen LogP) is 3.51. The largest absolute Gasteiger partial charge is 0.381 e. The van der Waals surface area contributed by atoms with Crippen molar-refractivity contribution in [1.82, 2.24) is 0 Å². The third-order valence-corrected chi connectivity index (χ3v) is 2.32. The Kier molecular flexibility index (Phi) is 3.35. The van der Waals surface area contributed by atoms with Gasteiger partial charge in [0, 0.05) is 10.6 Å². The van der Waals surface area contributed by atoms with Gasteiger partial charge in [-0.05, 0) is 26.8 Å². The van der Waals surface area contributed by atoms with Gasteiger partial charge in [0.25, 0.3) is 0 Å². The first-order valence-corrected chi connectivity index (χ1v) is 4.95. The number of aliphatic hydroxyl groups is 1. The highest BCUT2D eigenvalue weighted by Crippen LogP contribution is 2.29. The van der Waals surface area contributed by atoms with Crippen LogP contribution in [-0.2, 0) is 5.60 Å². The zero-order valence-electron chi connectivity index (χ0n) is 8.71. The van der Waals surface area contributed by atoms with Crippen LogP contribution in [0.2, 0.25) is 5.02 Å². The van der Waals surface area contributed by atoms with E-state index < -0.39 is 5.60 Å². The molecule has 1 aromatic rings. The van der Waals surface area contributed by atoms with E-state index in [0.29, 0.717) is 5.02 Å². The summed E-state index contributed by atoms with van der Waals surface area (Å²) in [6.07, 6.45) is 1.80. The molecule has 1 rings (SSSR count). The van der Waals surface area contributed by atoms with E-state index in [9.17, 15) is 5.11 Å². The van der Waals surface area contributed by atoms with Crippen LogP contribution in [0.1, 0.15) is 26.3 Å². The zero-order valence-corrected chi connectivity index (χ0v) is 9.47. The standard InChI is InChI=1S/C12H15ClO/c1-9(2)8-12(3,14)10-6-4-5-7-11(10)13/h4-8,14H,1-3H3. The Morgan fingerprint density at radius 2 is 1.93 bits per heavy atom. The van der Waals surface area contributed by atoms with E-state index in [2.05, 4.69) is 0 Å². The molecule has 0 fully saturated rings. The van der Waals surface area contributed by atoms with Crippen molar-refractivity contribution in [3.8, 4) is 0 Å². The van der Waals surface area contributed by atoms with Crippen LogP contribution in [0, 0.1) is 0 Å². The molecular formula is C12H15ClO. The summed E-state index contributed by atoms with van der Waals surface area (Å²) in [5.74, 6) is 0. The third kappa shape index (κ3) is 2.60. The van der Waals surface area contributed by atoms with Crippen LogP contribution in [0.3, 0.4) is 0 Å². The molecule has 1 aromatic carbocycles. The van der Waals surface area contributed by atoms with Gasteiger partial charge in [-0.3, -0.25) is 0 Å². The SMILES string of the molecule is CC(C)=CC(C)(O)c1ccccc1Cl. The molecule has 0 aromatic heterocycles. The summed E-state index contributed by atoms with van der Waals surface area (Å²) in [5, 5.41) is 10.8. The summed E-state index contributed by atoms with van der Waals surface area (Å²) in [6.45, 7) is 5.64. The van der Waals surface area contributed by atoms with Gasteiger partial charge in [0.15, 0.2) is 0 Å². The molecule has 1 nitrogen and oxygen atoms in total. The number of hydrogen-bond donors (Lipinski definition) is 1. The highest BCUT2D eigenvalue weighted by molar-refractivity contribution is 6.31. The van der Waals surface area contributed by atoms with Gasteiger partial charge in [-0.25, -0.2) is 0 Å². The third-order valence-electron chi connectivity index (χ3n) is 1.99. The summed E-state index contributed by atoms with van der Waals surface area (Å²) in [5.41, 5.74) is 0.815. The minimum Gasteiger partial charge on any atom is -0.381 e. The summed E-state index contributed by atoms with van der Waals surface area (Å²) < 4.78 is 0. The van der Waals surface area contributed by atoms with Crippen LogP contribution in [0.5, 0.6) is 0 Å². The van der Waals surface area contributed by atoms with E-state index in [-0.39, 0.29) is 0 Å². The van der Waals surface area contributed by atoms with E-state index >= 15 is 0 Å². The smallest absolute Gasteiger partial charge is 0.107 e. The van der Waals surface area contributed by atoms with E-state index in [1.54, 1.807) is 19.1 Å². The molecule has 1 atom stereocenters. The van der Waals surface area contributed by atoms with E-state index in [4.69, 9.17) is 11.6 Å². The first-order valence-electron chi connectivity index (χ1n) is 4.57. The second-order valence-corrected chi connectivity index (χ2v) is 4.26. The molecule has 0 spiro atoms. The second kappa shape index (κ2) is 4.16. The van der Waals surface area contributed by atoms with Crippen LogP contribution < -0.4 is 0 Å². The fourth-order valence-corrected chi connectivity index (χ4v) is 1.84. The van der Waals surface area contributed by atoms with Gasteiger partial charge in [0.2, 0.25) is 0 Å². The van der Waals surface area contributed by atoms with Crippen molar-refractivity contribution in [3.05, 3.63) is 46.5 Å². The minimum atomic E-state index is -0.989. The Morgan fingerprint density at radius 1 is 1.36 bits per heavy atom. The Labute approximate surface area is 90.0 Å². The molecule has 0 saturated carbocycles. The van der Waals surface area contributed by atoms with E-state index in [0.717, 1.165) is 11.1 Å². The Bertz CT molecular complexity index is 349. The number of benzene rings is 1. The topological polar surface area (TPSA) is 20.2 Å². The van der Waals surface area contributed by atoms with Crippen molar-refractivity contribution in [2.24, 2.45) is 0 Å². The average Bonchev–Trinajstić information content (AvgIpc) is 2.02. The molecule has 0 aliphatic heterocycles. The van der Waals surface area contributed by atoms with Crippen LogP contribution >= 0.6 is 11.6 Å². The predicted molar refractivity (Wildman–Crippen MR) is 60.5 cm³/mol. The quantitative estimate of drug-likeness (QED) is 0.741. The van der Waals surface area contributed by atoms with Gasteiger partial charge in [0.05, 0.1) is 0 Å². The number of rotatable bonds is 2. The molecule has 0 amide bonds. The van der Waals surface area contributed by atoms with Gasteiger partial charge in [-0.1, -0.05) is 41.4 Å². The van der Waals surface area contributed by atoms with Crippen molar-refractivity contribution >= 4 is 11.6 Å². The molecule has 0 aliphatic rings. The maximum absolute atomic E-state index is 10.2. The van der Waals surface area contributed by atoms with Gasteiger partial charge < -0.3 is 5.11 Å². The maximum Gasteiger partial charge on any atom is 0.107 e. The van der Waals surface area contributed by atoms with Crippen LogP contribution in [0.15, 0.2) is 35.9 Å². The molecular weight excluding hydrogens is 196 g/mol. The highest BCUT2D eigenvalue weighted by atomic mass is 35.5. The van der Waals surface area contributed by atoms with Gasteiger partial charge >= 0.3 is 0 Å². The minimum absolute atomic E-state index is 0.593. The molecule has 14 heavy (non-hydrogen) atoms. The Balaban J connectivity index is 3.16. The Morgan fingerprint density at radius 3 is 2.43 bits per heavy atom. The van der Waals surface area contributed by atoms with Gasteiger partial charge in [-0.2, -0.15) is 0 Å². The van der Waals surface area contributed by atoms with E-state index in [1.807, 2.05) is 32.0 Å². The second-order valence-electron chi connectivity index (χ2n) is 3.85. The highest BCUT2D eigenvalue weighted by Gasteiger charge is 2.22. The van der Waals surface area contributed by atoms with Crippen LogP contribution in [0.25, 0.3) is 0 Å². The lowest BCUT2D eigenvalue weighted by Gasteiger charge is -2.21. The fourth-order valence-electron chi connectivity index (χ4n) is 1.51. The van der Waals surface area contributed by atoms with Crippen molar-refractivity contribution in [1.29, 1.82) is 0 Å². The lowest BCUT2D eigenvalue weighted by Crippen LogP contribution is -2.18. The Hall–Kier alpha value is -0.790. The van der Waals surface area contributed by atoms with Gasteiger partial charge in [-0.15, -0.1) is 0 Å². The monoisotopic (exact) mass is 210 g/mol. The van der Waals surface area contributed by atoms with Crippen molar-refractivity contribution in [2.75, 3.05) is 0 Å². The summed E-state index contributed by atoms with van der Waals surface area (Å²) in [4.78, 5) is 0. The van der Waals surface area contributed by atoms with Crippen LogP contribution in [-0.4, -0.2) is 5.11 Å². The summed E-state index contributed by atoms with van der Waals surface area (Å²) in [7, 11) is 0. The average molecular weight is 211 g/mol. The number of hydrogen-bond acceptors (Lipinski definition) is 1. The molecule has 0 bridgehead atoms. The molecule has 0 aliphatic carbocycles. The maximum atomic E-state index is 10.2. The van der Waals surface area contributed by atoms with Crippen molar-refractivity contribution < 1.29 is 5.11 Å². The fraction of sp³-hybridized carbons (Fsp3) is 0.333. The number of halogens is 1. The zero-order chi connectivity index (χ0) is 10.8. The molecule has 1 unspecified atom stereocenters. The van der Waals surface area contributed by atoms with Crippen molar-refractivity contribution in [2.45, 2.75) is 26.4 Å². The first-order chi connectivity index (χ1) is 6.43. The molecule has 0 heterocycles. The summed E-state index contributed by atoms with van der Waals surface area (Å²) in [6, 6.07) is 7.34. The van der Waals surface area contributed by atoms with Gasteiger partial charge in [0.1, 0.15) is 5.60 Å². The number of allylic oxidation sites excluding steroid dienone is 1.